The predicted molar refractivity (Wildman–Crippen MR) is 90.0 cm³/mol. The van der Waals surface area contributed by atoms with Gasteiger partial charge in [0.1, 0.15) is 0 Å². The van der Waals surface area contributed by atoms with Crippen molar-refractivity contribution in [2.75, 3.05) is 0 Å². The topological polar surface area (TPSA) is 65.2 Å². The highest BCUT2D eigenvalue weighted by molar-refractivity contribution is 6.30. The predicted octanol–water partition coefficient (Wildman–Crippen LogP) is 4.15. The zero-order chi connectivity index (χ0) is 16.8. The Morgan fingerprint density at radius 1 is 1.12 bits per heavy atom. The van der Waals surface area contributed by atoms with Crippen molar-refractivity contribution in [3.63, 3.8) is 0 Å². The maximum Gasteiger partial charge on any atom is 0.331 e. The van der Waals surface area contributed by atoms with Crippen molar-refractivity contribution in [3.8, 4) is 11.4 Å². The van der Waals surface area contributed by atoms with Crippen LogP contribution in [0.15, 0.2) is 65.2 Å². The standard InChI is InChI=1S/C18H13ClN2O3/c19-15-9-6-13(7-10-15)8-11-17(22)23-12-16-20-18(21-24-16)14-4-2-1-3-5-14/h1-11H,12H2. The monoisotopic (exact) mass is 340 g/mol. The number of ether oxygens (including phenoxy) is 1. The number of nitrogens with zero attached hydrogens (tertiary/aromatic N) is 2. The van der Waals surface area contributed by atoms with Crippen molar-refractivity contribution < 1.29 is 14.1 Å². The smallest absolute Gasteiger partial charge is 0.331 e. The van der Waals surface area contributed by atoms with E-state index in [2.05, 4.69) is 10.1 Å². The molecular weight excluding hydrogens is 328 g/mol. The number of benzene rings is 2. The first-order valence-electron chi connectivity index (χ1n) is 7.19. The van der Waals surface area contributed by atoms with Crippen LogP contribution in [0.25, 0.3) is 17.5 Å². The van der Waals surface area contributed by atoms with Crippen LogP contribution < -0.4 is 0 Å². The van der Waals surface area contributed by atoms with Crippen LogP contribution >= 0.6 is 11.6 Å². The molecule has 5 nitrogen and oxygen atoms in total. The number of carbonyl (C=O) groups excluding carboxylic acids is 1. The van der Waals surface area contributed by atoms with Crippen LogP contribution in [0.1, 0.15) is 11.5 Å². The lowest BCUT2D eigenvalue weighted by Crippen LogP contribution is -2.00. The third kappa shape index (κ3) is 4.30. The maximum atomic E-state index is 11.7. The minimum Gasteiger partial charge on any atom is -0.452 e. The summed E-state index contributed by atoms with van der Waals surface area (Å²) in [5.41, 5.74) is 1.68. The number of esters is 1. The molecule has 0 atom stereocenters. The van der Waals surface area contributed by atoms with Gasteiger partial charge < -0.3 is 9.26 Å². The van der Waals surface area contributed by atoms with Crippen LogP contribution in [0.5, 0.6) is 0 Å². The van der Waals surface area contributed by atoms with E-state index in [1.165, 1.54) is 6.08 Å². The van der Waals surface area contributed by atoms with Crippen molar-refractivity contribution in [2.45, 2.75) is 6.61 Å². The van der Waals surface area contributed by atoms with Gasteiger partial charge in [0.25, 0.3) is 5.89 Å². The fraction of sp³-hybridized carbons (Fsp3) is 0.0556. The number of aromatic nitrogens is 2. The van der Waals surface area contributed by atoms with Crippen LogP contribution in [-0.2, 0) is 16.1 Å². The highest BCUT2D eigenvalue weighted by Gasteiger charge is 2.09. The number of rotatable bonds is 5. The van der Waals surface area contributed by atoms with E-state index < -0.39 is 5.97 Å². The average Bonchev–Trinajstić information content (AvgIpc) is 3.09. The van der Waals surface area contributed by atoms with E-state index in [-0.39, 0.29) is 12.5 Å². The molecule has 1 aromatic heterocycles. The number of hydrogen-bond acceptors (Lipinski definition) is 5. The Balaban J connectivity index is 1.55. The molecule has 0 bridgehead atoms. The van der Waals surface area contributed by atoms with Crippen LogP contribution in [0.2, 0.25) is 5.02 Å². The molecule has 0 radical (unpaired) electrons. The normalized spacial score (nSPS) is 10.9. The third-order valence-corrected chi connectivity index (χ3v) is 3.37. The summed E-state index contributed by atoms with van der Waals surface area (Å²) >= 11 is 5.80. The molecule has 0 N–H and O–H groups in total. The summed E-state index contributed by atoms with van der Waals surface area (Å²) in [4.78, 5) is 15.9. The molecule has 120 valence electrons. The summed E-state index contributed by atoms with van der Waals surface area (Å²) < 4.78 is 10.1. The Labute approximate surface area is 143 Å². The fourth-order valence-electron chi connectivity index (χ4n) is 1.94. The molecule has 2 aromatic carbocycles. The van der Waals surface area contributed by atoms with Crippen molar-refractivity contribution >= 4 is 23.6 Å². The lowest BCUT2D eigenvalue weighted by molar-refractivity contribution is -0.139. The van der Waals surface area contributed by atoms with E-state index in [1.807, 2.05) is 30.3 Å². The molecule has 0 amide bonds. The molecule has 0 saturated heterocycles. The van der Waals surface area contributed by atoms with Crippen LogP contribution in [-0.4, -0.2) is 16.1 Å². The van der Waals surface area contributed by atoms with Gasteiger partial charge in [0.2, 0.25) is 5.82 Å². The molecule has 3 aromatic rings. The molecule has 0 spiro atoms. The van der Waals surface area contributed by atoms with Gasteiger partial charge in [-0.15, -0.1) is 0 Å². The van der Waals surface area contributed by atoms with Crippen LogP contribution in [0.4, 0.5) is 0 Å². The summed E-state index contributed by atoms with van der Waals surface area (Å²) in [6, 6.07) is 16.5. The summed E-state index contributed by atoms with van der Waals surface area (Å²) in [6.45, 7) is -0.0797. The van der Waals surface area contributed by atoms with Gasteiger partial charge in [0.05, 0.1) is 0 Å². The molecular formula is C18H13ClN2O3. The molecule has 0 unspecified atom stereocenters. The van der Waals surface area contributed by atoms with Crippen molar-refractivity contribution in [3.05, 3.63) is 77.2 Å². The first-order valence-corrected chi connectivity index (χ1v) is 7.57. The van der Waals surface area contributed by atoms with Gasteiger partial charge in [-0.05, 0) is 23.8 Å². The number of carbonyl (C=O) groups is 1. The van der Waals surface area contributed by atoms with E-state index in [0.717, 1.165) is 11.1 Å². The SMILES string of the molecule is O=C(C=Cc1ccc(Cl)cc1)OCc1nc(-c2ccccc2)no1. The molecule has 0 aliphatic heterocycles. The zero-order valence-corrected chi connectivity index (χ0v) is 13.3. The van der Waals surface area contributed by atoms with Gasteiger partial charge in [0.15, 0.2) is 6.61 Å². The Hall–Kier alpha value is -2.92. The molecule has 3 rings (SSSR count). The second kappa shape index (κ2) is 7.57. The minimum atomic E-state index is -0.496. The molecule has 0 saturated carbocycles. The largest absolute Gasteiger partial charge is 0.452 e. The Morgan fingerprint density at radius 3 is 2.62 bits per heavy atom. The minimum absolute atomic E-state index is 0.0797. The summed E-state index contributed by atoms with van der Waals surface area (Å²) in [5, 5.41) is 4.50. The highest BCUT2D eigenvalue weighted by Crippen LogP contribution is 2.15. The first kappa shape index (κ1) is 16.0. The third-order valence-electron chi connectivity index (χ3n) is 3.12. The molecule has 24 heavy (non-hydrogen) atoms. The molecule has 0 aliphatic carbocycles. The number of halogens is 1. The quantitative estimate of drug-likeness (QED) is 0.515. The lowest BCUT2D eigenvalue weighted by atomic mass is 10.2. The zero-order valence-electron chi connectivity index (χ0n) is 12.6. The summed E-state index contributed by atoms with van der Waals surface area (Å²) in [7, 11) is 0. The van der Waals surface area contributed by atoms with E-state index in [1.54, 1.807) is 30.3 Å². The number of hydrogen-bond donors (Lipinski definition) is 0. The second-order valence-corrected chi connectivity index (χ2v) is 5.31. The first-order chi connectivity index (χ1) is 11.7. The van der Waals surface area contributed by atoms with Gasteiger partial charge >= 0.3 is 5.97 Å². The average molecular weight is 341 g/mol. The van der Waals surface area contributed by atoms with E-state index >= 15 is 0 Å². The van der Waals surface area contributed by atoms with Crippen molar-refractivity contribution in [1.29, 1.82) is 0 Å². The van der Waals surface area contributed by atoms with Crippen molar-refractivity contribution in [2.24, 2.45) is 0 Å². The Bertz CT molecular complexity index is 842. The van der Waals surface area contributed by atoms with Crippen molar-refractivity contribution in [1.82, 2.24) is 10.1 Å². The van der Waals surface area contributed by atoms with Gasteiger partial charge in [-0.1, -0.05) is 59.2 Å². The van der Waals surface area contributed by atoms with Gasteiger partial charge in [0, 0.05) is 16.7 Å². The van der Waals surface area contributed by atoms with Gasteiger partial charge in [-0.2, -0.15) is 4.98 Å². The highest BCUT2D eigenvalue weighted by atomic mass is 35.5. The molecule has 6 heteroatoms. The molecule has 0 fully saturated rings. The van der Waals surface area contributed by atoms with Gasteiger partial charge in [-0.25, -0.2) is 4.79 Å². The second-order valence-electron chi connectivity index (χ2n) is 4.87. The Kier molecular flexibility index (Phi) is 5.03. The summed E-state index contributed by atoms with van der Waals surface area (Å²) in [6.07, 6.45) is 2.97. The van der Waals surface area contributed by atoms with Crippen LogP contribution in [0, 0.1) is 0 Å². The Morgan fingerprint density at radius 2 is 1.88 bits per heavy atom. The van der Waals surface area contributed by atoms with Crippen LogP contribution in [0.3, 0.4) is 0 Å². The summed E-state index contributed by atoms with van der Waals surface area (Å²) in [5.74, 6) is 0.199. The maximum absolute atomic E-state index is 11.7. The molecule has 1 heterocycles. The molecule has 0 aliphatic rings. The van der Waals surface area contributed by atoms with E-state index in [9.17, 15) is 4.79 Å². The van der Waals surface area contributed by atoms with Gasteiger partial charge in [-0.3, -0.25) is 0 Å². The lowest BCUT2D eigenvalue weighted by Gasteiger charge is -1.97. The van der Waals surface area contributed by atoms with E-state index in [0.29, 0.717) is 10.8 Å². The van der Waals surface area contributed by atoms with E-state index in [4.69, 9.17) is 20.9 Å². The fourth-order valence-corrected chi connectivity index (χ4v) is 2.06.